The maximum atomic E-state index is 11.7. The topological polar surface area (TPSA) is 89.3 Å². The molecule has 0 spiro atoms. The zero-order valence-corrected chi connectivity index (χ0v) is 12.3. The van der Waals surface area contributed by atoms with E-state index in [2.05, 4.69) is 21.2 Å². The monoisotopic (exact) mass is 334 g/mol. The summed E-state index contributed by atoms with van der Waals surface area (Å²) in [5.41, 5.74) is 6.56. The second kappa shape index (κ2) is 6.19. The van der Waals surface area contributed by atoms with Gasteiger partial charge in [-0.2, -0.15) is 0 Å². The van der Waals surface area contributed by atoms with E-state index in [0.29, 0.717) is 24.2 Å². The van der Waals surface area contributed by atoms with Gasteiger partial charge in [0.1, 0.15) is 9.84 Å². The Morgan fingerprint density at radius 2 is 2.06 bits per heavy atom. The summed E-state index contributed by atoms with van der Waals surface area (Å²) in [7, 11) is -2.98. The van der Waals surface area contributed by atoms with Crippen LogP contribution in [-0.2, 0) is 9.84 Å². The quantitative estimate of drug-likeness (QED) is 0.625. The molecule has 0 atom stereocenters. The summed E-state index contributed by atoms with van der Waals surface area (Å²) >= 11 is 3.25. The van der Waals surface area contributed by atoms with Gasteiger partial charge >= 0.3 is 0 Å². The van der Waals surface area contributed by atoms with Crippen LogP contribution in [0, 0.1) is 0 Å². The molecule has 3 N–H and O–H groups in total. The van der Waals surface area contributed by atoms with E-state index < -0.39 is 9.84 Å². The smallest absolute Gasteiger partial charge is 0.251 e. The van der Waals surface area contributed by atoms with Crippen molar-refractivity contribution < 1.29 is 13.2 Å². The fraction of sp³-hybridized carbons (Fsp3) is 0.364. The Hall–Kier alpha value is -1.08. The molecule has 1 aromatic rings. The molecule has 100 valence electrons. The number of carbonyl (C=O) groups excluding carboxylic acids is 1. The predicted octanol–water partition coefficient (Wildman–Crippen LogP) is 1.20. The number of amides is 1. The summed E-state index contributed by atoms with van der Waals surface area (Å²) in [6.07, 6.45) is 1.57. The minimum absolute atomic E-state index is 0.0634. The lowest BCUT2D eigenvalue weighted by molar-refractivity contribution is 0.0953. The third-order valence-corrected chi connectivity index (χ3v) is 3.65. The molecule has 0 saturated heterocycles. The van der Waals surface area contributed by atoms with E-state index in [1.165, 1.54) is 6.26 Å². The van der Waals surface area contributed by atoms with E-state index in [1.807, 2.05) is 0 Å². The third-order valence-electron chi connectivity index (χ3n) is 2.16. The van der Waals surface area contributed by atoms with Crippen LogP contribution in [0.1, 0.15) is 16.8 Å². The average molecular weight is 335 g/mol. The number of nitrogens with one attached hydrogen (secondary N) is 1. The summed E-state index contributed by atoms with van der Waals surface area (Å²) in [5.74, 6) is -0.204. The normalized spacial score (nSPS) is 11.2. The molecule has 0 aliphatic carbocycles. The molecular weight excluding hydrogens is 320 g/mol. The van der Waals surface area contributed by atoms with E-state index in [-0.39, 0.29) is 11.7 Å². The minimum Gasteiger partial charge on any atom is -0.399 e. The molecule has 0 heterocycles. The number of benzene rings is 1. The van der Waals surface area contributed by atoms with Gasteiger partial charge in [-0.25, -0.2) is 8.42 Å². The number of hydrogen-bond donors (Lipinski definition) is 2. The van der Waals surface area contributed by atoms with Gasteiger partial charge < -0.3 is 11.1 Å². The van der Waals surface area contributed by atoms with Crippen molar-refractivity contribution in [1.82, 2.24) is 5.32 Å². The second-order valence-electron chi connectivity index (χ2n) is 4.01. The van der Waals surface area contributed by atoms with Gasteiger partial charge in [0.2, 0.25) is 0 Å². The molecule has 1 amide bonds. The standard InChI is InChI=1S/C11H15BrN2O3S/c1-18(16,17)4-2-3-14-11(15)8-5-9(12)7-10(13)6-8/h5-7H,2-4,13H2,1H3,(H,14,15). The molecule has 0 unspecified atom stereocenters. The summed E-state index contributed by atoms with van der Waals surface area (Å²) < 4.78 is 22.5. The first-order valence-electron chi connectivity index (χ1n) is 5.30. The number of carbonyl (C=O) groups is 1. The second-order valence-corrected chi connectivity index (χ2v) is 7.19. The van der Waals surface area contributed by atoms with Gasteiger partial charge in [-0.1, -0.05) is 15.9 Å². The van der Waals surface area contributed by atoms with E-state index in [1.54, 1.807) is 18.2 Å². The van der Waals surface area contributed by atoms with Gasteiger partial charge in [-0.05, 0) is 24.6 Å². The Kier molecular flexibility index (Phi) is 5.15. The number of nitrogens with two attached hydrogens (primary N) is 1. The van der Waals surface area contributed by atoms with Crippen molar-refractivity contribution in [2.45, 2.75) is 6.42 Å². The molecule has 18 heavy (non-hydrogen) atoms. The van der Waals surface area contributed by atoms with Crippen LogP contribution < -0.4 is 11.1 Å². The van der Waals surface area contributed by atoms with Crippen LogP contribution in [0.25, 0.3) is 0 Å². The number of anilines is 1. The Morgan fingerprint density at radius 3 is 2.61 bits per heavy atom. The molecule has 1 rings (SSSR count). The fourth-order valence-electron chi connectivity index (χ4n) is 1.38. The Bertz CT molecular complexity index is 523. The van der Waals surface area contributed by atoms with E-state index in [0.717, 1.165) is 4.47 Å². The molecule has 5 nitrogen and oxygen atoms in total. The van der Waals surface area contributed by atoms with Gasteiger partial charge in [0, 0.05) is 28.5 Å². The Balaban J connectivity index is 2.51. The van der Waals surface area contributed by atoms with E-state index in [9.17, 15) is 13.2 Å². The van der Waals surface area contributed by atoms with Crippen LogP contribution >= 0.6 is 15.9 Å². The van der Waals surface area contributed by atoms with E-state index >= 15 is 0 Å². The molecule has 1 aromatic carbocycles. The van der Waals surface area contributed by atoms with Crippen LogP contribution in [0.3, 0.4) is 0 Å². The van der Waals surface area contributed by atoms with Crippen molar-refractivity contribution in [3.05, 3.63) is 28.2 Å². The first-order chi connectivity index (χ1) is 8.28. The van der Waals surface area contributed by atoms with Crippen LogP contribution in [0.15, 0.2) is 22.7 Å². The summed E-state index contributed by atoms with van der Waals surface area (Å²) in [5, 5.41) is 2.65. The van der Waals surface area contributed by atoms with Crippen LogP contribution in [0.2, 0.25) is 0 Å². The van der Waals surface area contributed by atoms with Crippen molar-refractivity contribution in [3.8, 4) is 0 Å². The molecule has 0 aliphatic rings. The van der Waals surface area contributed by atoms with Gasteiger partial charge in [-0.15, -0.1) is 0 Å². The summed E-state index contributed by atoms with van der Waals surface area (Å²) in [4.78, 5) is 11.7. The lowest BCUT2D eigenvalue weighted by Crippen LogP contribution is -2.25. The summed E-state index contributed by atoms with van der Waals surface area (Å²) in [6, 6.07) is 4.92. The van der Waals surface area contributed by atoms with Gasteiger partial charge in [-0.3, -0.25) is 4.79 Å². The van der Waals surface area contributed by atoms with Crippen molar-refractivity contribution >= 4 is 37.4 Å². The van der Waals surface area contributed by atoms with Gasteiger partial charge in [0.15, 0.2) is 0 Å². The zero-order chi connectivity index (χ0) is 13.8. The minimum atomic E-state index is -2.98. The van der Waals surface area contributed by atoms with Crippen molar-refractivity contribution in [2.75, 3.05) is 24.3 Å². The van der Waals surface area contributed by atoms with Crippen molar-refractivity contribution in [1.29, 1.82) is 0 Å². The number of nitrogen functional groups attached to an aromatic ring is 1. The highest BCUT2D eigenvalue weighted by Crippen LogP contribution is 2.17. The molecule has 0 bridgehead atoms. The largest absolute Gasteiger partial charge is 0.399 e. The highest BCUT2D eigenvalue weighted by atomic mass is 79.9. The fourth-order valence-corrected chi connectivity index (χ4v) is 2.56. The molecule has 7 heteroatoms. The number of halogens is 1. The Morgan fingerprint density at radius 1 is 1.39 bits per heavy atom. The van der Waals surface area contributed by atoms with Crippen LogP contribution in [0.5, 0.6) is 0 Å². The molecule has 0 aliphatic heterocycles. The lowest BCUT2D eigenvalue weighted by Gasteiger charge is -2.06. The van der Waals surface area contributed by atoms with Crippen LogP contribution in [0.4, 0.5) is 5.69 Å². The molecule has 0 fully saturated rings. The maximum absolute atomic E-state index is 11.7. The highest BCUT2D eigenvalue weighted by Gasteiger charge is 2.07. The number of hydrogen-bond acceptors (Lipinski definition) is 4. The maximum Gasteiger partial charge on any atom is 0.251 e. The zero-order valence-electron chi connectivity index (χ0n) is 9.94. The number of rotatable bonds is 5. The third kappa shape index (κ3) is 5.50. The first kappa shape index (κ1) is 15.0. The first-order valence-corrected chi connectivity index (χ1v) is 8.15. The molecular formula is C11H15BrN2O3S. The summed E-state index contributed by atoms with van der Waals surface area (Å²) in [6.45, 7) is 0.318. The lowest BCUT2D eigenvalue weighted by atomic mass is 10.2. The van der Waals surface area contributed by atoms with Crippen molar-refractivity contribution in [3.63, 3.8) is 0 Å². The average Bonchev–Trinajstić information content (AvgIpc) is 2.21. The Labute approximate surface area is 115 Å². The SMILES string of the molecule is CS(=O)(=O)CCCNC(=O)c1cc(N)cc(Br)c1. The van der Waals surface area contributed by atoms with Crippen molar-refractivity contribution in [2.24, 2.45) is 0 Å². The van der Waals surface area contributed by atoms with E-state index in [4.69, 9.17) is 5.73 Å². The van der Waals surface area contributed by atoms with Crippen LogP contribution in [-0.4, -0.2) is 32.9 Å². The molecule has 0 aromatic heterocycles. The van der Waals surface area contributed by atoms with Gasteiger partial charge in [0.05, 0.1) is 5.75 Å². The highest BCUT2D eigenvalue weighted by molar-refractivity contribution is 9.10. The molecule has 0 saturated carbocycles. The van der Waals surface area contributed by atoms with Gasteiger partial charge in [0.25, 0.3) is 5.91 Å². The molecule has 0 radical (unpaired) electrons. The number of sulfone groups is 1. The predicted molar refractivity (Wildman–Crippen MR) is 75.2 cm³/mol.